The molecule has 0 unspecified atom stereocenters. The van der Waals surface area contributed by atoms with E-state index in [-0.39, 0.29) is 11.9 Å². The Morgan fingerprint density at radius 3 is 2.72 bits per heavy atom. The number of halogens is 1. The second kappa shape index (κ2) is 9.02. The maximum atomic E-state index is 13.2. The van der Waals surface area contributed by atoms with Crippen molar-refractivity contribution in [3.05, 3.63) is 70.9 Å². The lowest BCUT2D eigenvalue weighted by molar-refractivity contribution is 0.0623. The van der Waals surface area contributed by atoms with Gasteiger partial charge in [0, 0.05) is 41.1 Å². The molecule has 5 heteroatoms. The predicted molar refractivity (Wildman–Crippen MR) is 119 cm³/mol. The fourth-order valence-electron chi connectivity index (χ4n) is 4.41. The molecule has 1 aliphatic carbocycles. The number of hydrogen-bond acceptors (Lipinski definition) is 2. The van der Waals surface area contributed by atoms with Crippen molar-refractivity contribution in [2.45, 2.75) is 51.2 Å². The number of nitrogens with one attached hydrogen (secondary N) is 2. The van der Waals surface area contributed by atoms with Gasteiger partial charge in [0.25, 0.3) is 5.91 Å². The molecule has 2 aromatic carbocycles. The van der Waals surface area contributed by atoms with Crippen molar-refractivity contribution in [2.75, 3.05) is 6.54 Å². The quantitative estimate of drug-likeness (QED) is 0.573. The lowest BCUT2D eigenvalue weighted by Crippen LogP contribution is -2.46. The molecule has 1 amide bonds. The summed E-state index contributed by atoms with van der Waals surface area (Å²) in [6.45, 7) is 3.63. The molecule has 2 atom stereocenters. The summed E-state index contributed by atoms with van der Waals surface area (Å²) in [5, 5.41) is 5.52. The molecule has 4 rings (SSSR count). The summed E-state index contributed by atoms with van der Waals surface area (Å²) in [7, 11) is 0. The van der Waals surface area contributed by atoms with Crippen molar-refractivity contribution in [3.63, 3.8) is 0 Å². The molecule has 1 aliphatic rings. The summed E-state index contributed by atoms with van der Waals surface area (Å²) in [5.74, 6) is 0.104. The Hall–Kier alpha value is -2.30. The van der Waals surface area contributed by atoms with Gasteiger partial charge in [0.05, 0.1) is 0 Å². The summed E-state index contributed by atoms with van der Waals surface area (Å²) in [4.78, 5) is 18.6. The first-order valence-corrected chi connectivity index (χ1v) is 10.9. The standard InChI is InChI=1S/C24H28ClN3O/c1-2-28(24(29)23-14-18-6-3-4-9-22(18)27-23)21-8-5-7-20(15-21)26-16-17-10-12-19(25)13-11-17/h3-4,6,9-14,20-21,26-27H,2,5,7-8,15-16H2,1H3/t20-,21+/m1/s1. The van der Waals surface area contributed by atoms with Gasteiger partial charge in [0.15, 0.2) is 0 Å². The summed E-state index contributed by atoms with van der Waals surface area (Å²) < 4.78 is 0. The number of aromatic nitrogens is 1. The van der Waals surface area contributed by atoms with Gasteiger partial charge in [-0.25, -0.2) is 0 Å². The summed E-state index contributed by atoms with van der Waals surface area (Å²) in [6.07, 6.45) is 4.36. The molecule has 3 aromatic rings. The molecule has 4 nitrogen and oxygen atoms in total. The molecule has 0 spiro atoms. The van der Waals surface area contributed by atoms with E-state index in [0.717, 1.165) is 54.7 Å². The van der Waals surface area contributed by atoms with E-state index >= 15 is 0 Å². The topological polar surface area (TPSA) is 48.1 Å². The average molecular weight is 410 g/mol. The number of nitrogens with zero attached hydrogens (tertiary/aromatic N) is 1. The first kappa shape index (κ1) is 20.0. The Bertz CT molecular complexity index is 933. The van der Waals surface area contributed by atoms with Gasteiger partial charge in [-0.05, 0) is 62.4 Å². The number of fused-ring (bicyclic) bond motifs is 1. The van der Waals surface area contributed by atoms with Crippen LogP contribution in [0.5, 0.6) is 0 Å². The highest BCUT2D eigenvalue weighted by Gasteiger charge is 2.29. The zero-order valence-electron chi connectivity index (χ0n) is 16.8. The van der Waals surface area contributed by atoms with Gasteiger partial charge >= 0.3 is 0 Å². The van der Waals surface area contributed by atoms with Crippen LogP contribution in [-0.4, -0.2) is 34.4 Å². The lowest BCUT2D eigenvalue weighted by Gasteiger charge is -2.37. The number of amides is 1. The van der Waals surface area contributed by atoms with Gasteiger partial charge in [0.2, 0.25) is 0 Å². The molecule has 152 valence electrons. The van der Waals surface area contributed by atoms with Crippen molar-refractivity contribution in [1.82, 2.24) is 15.2 Å². The Labute approximate surface area is 177 Å². The largest absolute Gasteiger partial charge is 0.351 e. The fourth-order valence-corrected chi connectivity index (χ4v) is 4.53. The van der Waals surface area contributed by atoms with Crippen LogP contribution in [0.1, 0.15) is 48.7 Å². The highest BCUT2D eigenvalue weighted by molar-refractivity contribution is 6.30. The molecule has 1 fully saturated rings. The monoisotopic (exact) mass is 409 g/mol. The van der Waals surface area contributed by atoms with E-state index in [9.17, 15) is 4.79 Å². The highest BCUT2D eigenvalue weighted by atomic mass is 35.5. The first-order valence-electron chi connectivity index (χ1n) is 10.5. The van der Waals surface area contributed by atoms with Gasteiger partial charge < -0.3 is 15.2 Å². The SMILES string of the molecule is CCN(C(=O)c1cc2ccccc2[nH]1)[C@H]1CCC[C@@H](NCc2ccc(Cl)cc2)C1. The molecule has 29 heavy (non-hydrogen) atoms. The second-order valence-corrected chi connectivity index (χ2v) is 8.32. The second-order valence-electron chi connectivity index (χ2n) is 7.89. The molecule has 1 saturated carbocycles. The zero-order valence-corrected chi connectivity index (χ0v) is 17.6. The van der Waals surface area contributed by atoms with Crippen LogP contribution in [0, 0.1) is 0 Å². The van der Waals surface area contributed by atoms with Crippen LogP contribution in [0.2, 0.25) is 5.02 Å². The molecular formula is C24H28ClN3O. The van der Waals surface area contributed by atoms with E-state index in [1.54, 1.807) is 0 Å². The van der Waals surface area contributed by atoms with E-state index in [4.69, 9.17) is 11.6 Å². The normalized spacial score (nSPS) is 19.4. The van der Waals surface area contributed by atoms with Crippen LogP contribution in [0.15, 0.2) is 54.6 Å². The summed E-state index contributed by atoms with van der Waals surface area (Å²) in [5.41, 5.74) is 2.93. The van der Waals surface area contributed by atoms with Crippen molar-refractivity contribution >= 4 is 28.4 Å². The van der Waals surface area contributed by atoms with Gasteiger partial charge in [-0.15, -0.1) is 0 Å². The number of carbonyl (C=O) groups excluding carboxylic acids is 1. The average Bonchev–Trinajstić information content (AvgIpc) is 3.18. The number of H-pyrrole nitrogens is 1. The molecule has 0 radical (unpaired) electrons. The molecule has 2 N–H and O–H groups in total. The number of benzene rings is 2. The van der Waals surface area contributed by atoms with Crippen LogP contribution in [0.4, 0.5) is 0 Å². The summed E-state index contributed by atoms with van der Waals surface area (Å²) >= 11 is 5.98. The minimum Gasteiger partial charge on any atom is -0.351 e. The molecule has 0 bridgehead atoms. The van der Waals surface area contributed by atoms with Crippen molar-refractivity contribution in [3.8, 4) is 0 Å². The smallest absolute Gasteiger partial charge is 0.270 e. The summed E-state index contributed by atoms with van der Waals surface area (Å²) in [6, 6.07) is 18.7. The van der Waals surface area contributed by atoms with E-state index in [2.05, 4.69) is 29.4 Å². The predicted octanol–water partition coefficient (Wildman–Crippen LogP) is 5.38. The number of hydrogen-bond donors (Lipinski definition) is 2. The van der Waals surface area contributed by atoms with Gasteiger partial charge in [-0.2, -0.15) is 0 Å². The van der Waals surface area contributed by atoms with E-state index < -0.39 is 0 Å². The number of aromatic amines is 1. The maximum absolute atomic E-state index is 13.2. The maximum Gasteiger partial charge on any atom is 0.270 e. The van der Waals surface area contributed by atoms with Crippen LogP contribution in [0.25, 0.3) is 10.9 Å². The minimum absolute atomic E-state index is 0.104. The fraction of sp³-hybridized carbons (Fsp3) is 0.375. The van der Waals surface area contributed by atoms with Crippen LogP contribution in [0.3, 0.4) is 0 Å². The molecule has 1 heterocycles. The van der Waals surface area contributed by atoms with Crippen molar-refractivity contribution in [1.29, 1.82) is 0 Å². The highest BCUT2D eigenvalue weighted by Crippen LogP contribution is 2.26. The van der Waals surface area contributed by atoms with Crippen LogP contribution in [-0.2, 0) is 6.54 Å². The molecule has 1 aromatic heterocycles. The van der Waals surface area contributed by atoms with E-state index in [1.807, 2.05) is 47.4 Å². The Morgan fingerprint density at radius 2 is 1.97 bits per heavy atom. The van der Waals surface area contributed by atoms with Crippen LogP contribution < -0.4 is 5.32 Å². The third kappa shape index (κ3) is 4.65. The Morgan fingerprint density at radius 1 is 1.17 bits per heavy atom. The first-order chi connectivity index (χ1) is 14.1. The third-order valence-electron chi connectivity index (χ3n) is 5.96. The van der Waals surface area contributed by atoms with Gasteiger partial charge in [-0.3, -0.25) is 4.79 Å². The third-order valence-corrected chi connectivity index (χ3v) is 6.21. The molecule has 0 saturated heterocycles. The van der Waals surface area contributed by atoms with Crippen molar-refractivity contribution in [2.24, 2.45) is 0 Å². The lowest BCUT2D eigenvalue weighted by atomic mass is 9.89. The number of rotatable bonds is 6. The van der Waals surface area contributed by atoms with Gasteiger partial charge in [0.1, 0.15) is 5.69 Å². The Kier molecular flexibility index (Phi) is 6.22. The minimum atomic E-state index is 0.104. The van der Waals surface area contributed by atoms with E-state index in [1.165, 1.54) is 5.56 Å². The Balaban J connectivity index is 1.41. The molecular weight excluding hydrogens is 382 g/mol. The zero-order chi connectivity index (χ0) is 20.2. The van der Waals surface area contributed by atoms with Gasteiger partial charge in [-0.1, -0.05) is 41.9 Å². The van der Waals surface area contributed by atoms with E-state index in [0.29, 0.717) is 11.7 Å². The van der Waals surface area contributed by atoms with Crippen LogP contribution >= 0.6 is 11.6 Å². The number of carbonyl (C=O) groups is 1. The molecule has 0 aliphatic heterocycles. The number of para-hydroxylation sites is 1. The van der Waals surface area contributed by atoms with Crippen molar-refractivity contribution < 1.29 is 4.79 Å².